The molecule has 0 aliphatic heterocycles. The average Bonchev–Trinajstić information content (AvgIpc) is 3.31. The third-order valence-corrected chi connectivity index (χ3v) is 12.7. The molecule has 0 saturated heterocycles. The van der Waals surface area contributed by atoms with Crippen LogP contribution in [0, 0.1) is 11.3 Å². The number of hydrogen-bond donors (Lipinski definition) is 2. The molecule has 0 unspecified atom stereocenters. The first-order chi connectivity index (χ1) is 30.0. The predicted octanol–water partition coefficient (Wildman–Crippen LogP) is 12.4. The van der Waals surface area contributed by atoms with Crippen molar-refractivity contribution in [3.05, 3.63) is 113 Å². The molecule has 1 saturated carbocycles. The Labute approximate surface area is 371 Å². The van der Waals surface area contributed by atoms with Crippen LogP contribution in [0.5, 0.6) is 5.75 Å². The zero-order valence-corrected chi connectivity index (χ0v) is 38.2. The highest BCUT2D eigenvalue weighted by atomic mass is 16.5. The SMILES string of the molecule is C=C(C)C(=O)OCCCc1cc(-c2ccc(-c3ccc(-c4ccc(C5CCC(CCCCC)CC5)cc4)cc3)cc2CC)cc(CCCOC(=O)CC)c1OCC(C)(CO)CO. The van der Waals surface area contributed by atoms with Gasteiger partial charge in [0.1, 0.15) is 5.75 Å². The minimum absolute atomic E-state index is 0.105. The first kappa shape index (κ1) is 48.3. The van der Waals surface area contributed by atoms with E-state index in [0.29, 0.717) is 49.3 Å². The molecule has 0 heterocycles. The van der Waals surface area contributed by atoms with Gasteiger partial charge in [-0.3, -0.25) is 4.79 Å². The topological polar surface area (TPSA) is 102 Å². The van der Waals surface area contributed by atoms with Crippen molar-refractivity contribution in [2.45, 2.75) is 130 Å². The lowest BCUT2D eigenvalue weighted by molar-refractivity contribution is -0.143. The maximum absolute atomic E-state index is 12.2. The summed E-state index contributed by atoms with van der Waals surface area (Å²) in [4.78, 5) is 24.1. The summed E-state index contributed by atoms with van der Waals surface area (Å²) in [6.45, 7) is 13.5. The largest absolute Gasteiger partial charge is 0.492 e. The van der Waals surface area contributed by atoms with Crippen LogP contribution in [0.4, 0.5) is 0 Å². The van der Waals surface area contributed by atoms with Crippen LogP contribution in [0.2, 0.25) is 0 Å². The standard InChI is InChI=1S/C55H72O7/c1-7-10-11-14-40-17-19-42(20-18-40)43-21-23-44(24-22-43)45-25-27-46(28-26-45)47-29-30-51(41(8-2)33-47)50-34-48(15-12-31-60-52(58)9-3)53(62-38-55(6,36-56)37-57)49(35-50)16-13-32-61-54(59)39(4)5/h21-30,33-35,40,42,56-57H,4,7-20,31-32,36-38H2,1-3,5-6H3. The molecule has 1 fully saturated rings. The Morgan fingerprint density at radius 1 is 0.694 bits per heavy atom. The maximum Gasteiger partial charge on any atom is 0.333 e. The van der Waals surface area contributed by atoms with E-state index in [2.05, 4.69) is 99.3 Å². The number of carbonyl (C=O) groups excluding carboxylic acids is 2. The van der Waals surface area contributed by atoms with Crippen LogP contribution in [0.15, 0.2) is 91.0 Å². The van der Waals surface area contributed by atoms with Gasteiger partial charge in [-0.05, 0) is 144 Å². The highest BCUT2D eigenvalue weighted by Gasteiger charge is 2.26. The van der Waals surface area contributed by atoms with Crippen molar-refractivity contribution in [3.8, 4) is 39.1 Å². The summed E-state index contributed by atoms with van der Waals surface area (Å²) in [5, 5.41) is 20.2. The zero-order chi connectivity index (χ0) is 44.5. The van der Waals surface area contributed by atoms with Gasteiger partial charge in [-0.2, -0.15) is 0 Å². The van der Waals surface area contributed by atoms with Crippen molar-refractivity contribution in [3.63, 3.8) is 0 Å². The van der Waals surface area contributed by atoms with Crippen LogP contribution in [-0.2, 0) is 38.3 Å². The smallest absolute Gasteiger partial charge is 0.333 e. The summed E-state index contributed by atoms with van der Waals surface area (Å²) in [5.74, 6) is 1.63. The van der Waals surface area contributed by atoms with Crippen LogP contribution in [0.3, 0.4) is 0 Å². The second kappa shape index (κ2) is 24.2. The number of ether oxygens (including phenoxy) is 3. The van der Waals surface area contributed by atoms with Gasteiger partial charge in [-0.25, -0.2) is 4.79 Å². The third-order valence-electron chi connectivity index (χ3n) is 12.7. The van der Waals surface area contributed by atoms with E-state index >= 15 is 0 Å². The van der Waals surface area contributed by atoms with Crippen LogP contribution < -0.4 is 4.74 Å². The quantitative estimate of drug-likeness (QED) is 0.0411. The fourth-order valence-electron chi connectivity index (χ4n) is 8.57. The Bertz CT molecular complexity index is 2040. The fourth-order valence-corrected chi connectivity index (χ4v) is 8.57. The maximum atomic E-state index is 12.2. The molecule has 4 aromatic rings. The van der Waals surface area contributed by atoms with E-state index in [-0.39, 0.29) is 39.0 Å². The molecule has 62 heavy (non-hydrogen) atoms. The zero-order valence-electron chi connectivity index (χ0n) is 38.2. The van der Waals surface area contributed by atoms with E-state index in [1.165, 1.54) is 73.6 Å². The van der Waals surface area contributed by atoms with Crippen molar-refractivity contribution >= 4 is 11.9 Å². The summed E-state index contributed by atoms with van der Waals surface area (Å²) >= 11 is 0. The number of aliphatic hydroxyl groups is 2. The van der Waals surface area contributed by atoms with Gasteiger partial charge in [0.05, 0.1) is 33.0 Å². The molecule has 0 spiro atoms. The molecule has 4 aromatic carbocycles. The number of carbonyl (C=O) groups is 2. The van der Waals surface area contributed by atoms with Gasteiger partial charge in [0, 0.05) is 17.4 Å². The van der Waals surface area contributed by atoms with E-state index in [4.69, 9.17) is 14.2 Å². The monoisotopic (exact) mass is 845 g/mol. The van der Waals surface area contributed by atoms with Gasteiger partial charge < -0.3 is 24.4 Å². The number of aliphatic hydroxyl groups excluding tert-OH is 2. The highest BCUT2D eigenvalue weighted by Crippen LogP contribution is 2.40. The molecule has 1 aliphatic carbocycles. The molecule has 0 radical (unpaired) electrons. The third kappa shape index (κ3) is 13.6. The summed E-state index contributed by atoms with van der Waals surface area (Å²) in [6.07, 6.45) is 14.3. The molecule has 0 bridgehead atoms. The highest BCUT2D eigenvalue weighted by molar-refractivity contribution is 5.87. The minimum atomic E-state index is -0.846. The Morgan fingerprint density at radius 3 is 1.79 bits per heavy atom. The molecule has 1 aliphatic rings. The Kier molecular flexibility index (Phi) is 18.9. The van der Waals surface area contributed by atoms with E-state index in [0.717, 1.165) is 45.7 Å². The second-order valence-corrected chi connectivity index (χ2v) is 17.9. The normalized spacial score (nSPS) is 15.3. The predicted molar refractivity (Wildman–Crippen MR) is 252 cm³/mol. The number of hydrogen-bond acceptors (Lipinski definition) is 7. The molecule has 0 atom stereocenters. The van der Waals surface area contributed by atoms with Crippen molar-refractivity contribution in [1.29, 1.82) is 0 Å². The van der Waals surface area contributed by atoms with Gasteiger partial charge in [-0.1, -0.05) is 127 Å². The summed E-state index contributed by atoms with van der Waals surface area (Å²) in [5.41, 5.74) is 11.0. The van der Waals surface area contributed by atoms with Crippen LogP contribution in [0.25, 0.3) is 33.4 Å². The number of aryl methyl sites for hydroxylation is 3. The summed E-state index contributed by atoms with van der Waals surface area (Å²) in [6, 6.07) is 29.2. The minimum Gasteiger partial charge on any atom is -0.492 e. The Morgan fingerprint density at radius 2 is 1.24 bits per heavy atom. The van der Waals surface area contributed by atoms with Crippen LogP contribution in [0.1, 0.15) is 133 Å². The number of unbranched alkanes of at least 4 members (excludes halogenated alkanes) is 2. The molecule has 2 N–H and O–H groups in total. The Hall–Kier alpha value is -4.72. The number of rotatable bonds is 24. The molecular weight excluding hydrogens is 773 g/mol. The number of esters is 2. The lowest BCUT2D eigenvalue weighted by Crippen LogP contribution is -2.33. The van der Waals surface area contributed by atoms with Crippen molar-refractivity contribution in [2.24, 2.45) is 11.3 Å². The lowest BCUT2D eigenvalue weighted by atomic mass is 9.77. The van der Waals surface area contributed by atoms with E-state index < -0.39 is 11.4 Å². The molecule has 7 heteroatoms. The molecule has 0 aromatic heterocycles. The van der Waals surface area contributed by atoms with E-state index in [1.807, 2.05) is 0 Å². The van der Waals surface area contributed by atoms with Crippen molar-refractivity contribution < 1.29 is 34.0 Å². The van der Waals surface area contributed by atoms with Gasteiger partial charge in [-0.15, -0.1) is 0 Å². The van der Waals surface area contributed by atoms with Gasteiger partial charge in [0.25, 0.3) is 0 Å². The van der Waals surface area contributed by atoms with Gasteiger partial charge in [0.2, 0.25) is 0 Å². The van der Waals surface area contributed by atoms with E-state index in [1.54, 1.807) is 20.8 Å². The molecule has 334 valence electrons. The van der Waals surface area contributed by atoms with Crippen molar-refractivity contribution in [1.82, 2.24) is 0 Å². The first-order valence-corrected chi connectivity index (χ1v) is 23.3. The van der Waals surface area contributed by atoms with Crippen molar-refractivity contribution in [2.75, 3.05) is 33.0 Å². The van der Waals surface area contributed by atoms with Crippen LogP contribution in [-0.4, -0.2) is 55.2 Å². The second-order valence-electron chi connectivity index (χ2n) is 17.9. The van der Waals surface area contributed by atoms with Gasteiger partial charge >= 0.3 is 11.9 Å². The average molecular weight is 845 g/mol. The summed E-state index contributed by atoms with van der Waals surface area (Å²) in [7, 11) is 0. The molecular formula is C55H72O7. The molecule has 7 nitrogen and oxygen atoms in total. The Balaban J connectivity index is 1.38. The summed E-state index contributed by atoms with van der Waals surface area (Å²) < 4.78 is 17.4. The van der Waals surface area contributed by atoms with Gasteiger partial charge in [0.15, 0.2) is 0 Å². The fraction of sp³-hybridized carbons (Fsp3) is 0.491. The lowest BCUT2D eigenvalue weighted by Gasteiger charge is -2.29. The molecule has 0 amide bonds. The molecule has 5 rings (SSSR count). The van der Waals surface area contributed by atoms with E-state index in [9.17, 15) is 19.8 Å². The first-order valence-electron chi connectivity index (χ1n) is 23.3. The van der Waals surface area contributed by atoms with Crippen LogP contribution >= 0.6 is 0 Å². The number of benzene rings is 4.